The molecular formula is C13H21N3O2. The van der Waals surface area contributed by atoms with Crippen molar-refractivity contribution < 1.29 is 9.90 Å². The molecule has 0 aliphatic carbocycles. The Balaban J connectivity index is 2.90. The van der Waals surface area contributed by atoms with Gasteiger partial charge in [0.25, 0.3) is 5.91 Å². The van der Waals surface area contributed by atoms with Crippen LogP contribution in [0.1, 0.15) is 35.8 Å². The third-order valence-corrected chi connectivity index (χ3v) is 2.78. The number of aryl methyl sites for hydroxylation is 1. The molecule has 100 valence electrons. The molecule has 1 aromatic heterocycles. The number of nitrogens with two attached hydrogens (primary N) is 1. The molecule has 0 radical (unpaired) electrons. The van der Waals surface area contributed by atoms with Gasteiger partial charge in [-0.15, -0.1) is 0 Å². The Hall–Kier alpha value is -1.62. The van der Waals surface area contributed by atoms with E-state index in [0.717, 1.165) is 12.8 Å². The Bertz CT molecular complexity index is 407. The fraction of sp³-hybridized carbons (Fsp3) is 0.538. The first-order chi connectivity index (χ1) is 8.60. The number of pyridine rings is 1. The second kappa shape index (κ2) is 6.96. The number of hydrogen-bond acceptors (Lipinski definition) is 4. The van der Waals surface area contributed by atoms with Crippen LogP contribution in [0, 0.1) is 6.92 Å². The molecule has 0 fully saturated rings. The lowest BCUT2D eigenvalue weighted by molar-refractivity contribution is 0.0718. The molecule has 18 heavy (non-hydrogen) atoms. The molecular weight excluding hydrogens is 230 g/mol. The van der Waals surface area contributed by atoms with Crippen molar-refractivity contribution in [2.75, 3.05) is 25.4 Å². The van der Waals surface area contributed by atoms with Crippen LogP contribution in [0.15, 0.2) is 12.3 Å². The summed E-state index contributed by atoms with van der Waals surface area (Å²) in [5, 5.41) is 9.02. The molecule has 5 nitrogen and oxygen atoms in total. The molecule has 0 saturated carbocycles. The predicted molar refractivity (Wildman–Crippen MR) is 71.3 cm³/mol. The van der Waals surface area contributed by atoms with Gasteiger partial charge in [0.05, 0.1) is 29.7 Å². The molecule has 5 heteroatoms. The number of aliphatic hydroxyl groups excluding tert-OH is 1. The summed E-state index contributed by atoms with van der Waals surface area (Å²) in [6.07, 6.45) is 3.46. The highest BCUT2D eigenvalue weighted by atomic mass is 16.3. The Morgan fingerprint density at radius 2 is 2.22 bits per heavy atom. The number of nitrogen functional groups attached to an aromatic ring is 1. The summed E-state index contributed by atoms with van der Waals surface area (Å²) in [5.74, 6) is -0.116. The van der Waals surface area contributed by atoms with Gasteiger partial charge in [-0.2, -0.15) is 0 Å². The number of carbonyl (C=O) groups is 1. The quantitative estimate of drug-likeness (QED) is 0.796. The number of aliphatic hydroxyl groups is 1. The highest BCUT2D eigenvalue weighted by molar-refractivity contribution is 5.96. The van der Waals surface area contributed by atoms with Crippen LogP contribution in [0.5, 0.6) is 0 Å². The fourth-order valence-corrected chi connectivity index (χ4v) is 1.72. The van der Waals surface area contributed by atoms with Gasteiger partial charge in [0.2, 0.25) is 0 Å². The number of amides is 1. The first-order valence-corrected chi connectivity index (χ1v) is 6.22. The van der Waals surface area contributed by atoms with E-state index in [0.29, 0.717) is 30.0 Å². The molecule has 0 unspecified atom stereocenters. The summed E-state index contributed by atoms with van der Waals surface area (Å²) in [6.45, 7) is 4.79. The van der Waals surface area contributed by atoms with Crippen molar-refractivity contribution in [3.63, 3.8) is 0 Å². The fourth-order valence-electron chi connectivity index (χ4n) is 1.72. The maximum Gasteiger partial charge on any atom is 0.255 e. The van der Waals surface area contributed by atoms with E-state index >= 15 is 0 Å². The third kappa shape index (κ3) is 3.70. The van der Waals surface area contributed by atoms with Crippen molar-refractivity contribution in [2.24, 2.45) is 0 Å². The van der Waals surface area contributed by atoms with E-state index in [1.54, 1.807) is 17.9 Å². The van der Waals surface area contributed by atoms with E-state index in [2.05, 4.69) is 11.9 Å². The van der Waals surface area contributed by atoms with Crippen LogP contribution in [0.3, 0.4) is 0 Å². The maximum absolute atomic E-state index is 12.3. The summed E-state index contributed by atoms with van der Waals surface area (Å²) in [6, 6.07) is 1.64. The Morgan fingerprint density at radius 1 is 1.50 bits per heavy atom. The molecule has 1 heterocycles. The van der Waals surface area contributed by atoms with E-state index in [1.165, 1.54) is 6.20 Å². The number of carbonyl (C=O) groups excluding carboxylic acids is 1. The maximum atomic E-state index is 12.3. The minimum atomic E-state index is -0.116. The minimum absolute atomic E-state index is 0.0375. The smallest absolute Gasteiger partial charge is 0.255 e. The first-order valence-electron chi connectivity index (χ1n) is 6.22. The normalized spacial score (nSPS) is 10.4. The van der Waals surface area contributed by atoms with Crippen molar-refractivity contribution in [3.8, 4) is 0 Å². The Kier molecular flexibility index (Phi) is 5.58. The van der Waals surface area contributed by atoms with Crippen molar-refractivity contribution in [1.29, 1.82) is 0 Å². The van der Waals surface area contributed by atoms with Gasteiger partial charge in [0.1, 0.15) is 0 Å². The van der Waals surface area contributed by atoms with Crippen LogP contribution in [-0.4, -0.2) is 40.6 Å². The number of hydrogen-bond donors (Lipinski definition) is 2. The second-order valence-corrected chi connectivity index (χ2v) is 4.27. The number of anilines is 1. The minimum Gasteiger partial charge on any atom is -0.397 e. The number of unbranched alkanes of at least 4 members (excludes halogenated alkanes) is 1. The second-order valence-electron chi connectivity index (χ2n) is 4.27. The van der Waals surface area contributed by atoms with Gasteiger partial charge in [-0.25, -0.2) is 0 Å². The number of nitrogens with zero attached hydrogens (tertiary/aromatic N) is 2. The molecule has 0 spiro atoms. The molecule has 0 aromatic carbocycles. The number of rotatable bonds is 6. The molecule has 0 aliphatic rings. The average Bonchev–Trinajstić information content (AvgIpc) is 2.36. The van der Waals surface area contributed by atoms with Gasteiger partial charge in [0, 0.05) is 13.1 Å². The van der Waals surface area contributed by atoms with Crippen LogP contribution in [0.2, 0.25) is 0 Å². The van der Waals surface area contributed by atoms with E-state index in [-0.39, 0.29) is 12.5 Å². The number of aromatic nitrogens is 1. The zero-order chi connectivity index (χ0) is 13.5. The summed E-state index contributed by atoms with van der Waals surface area (Å²) < 4.78 is 0. The third-order valence-electron chi connectivity index (χ3n) is 2.78. The van der Waals surface area contributed by atoms with Gasteiger partial charge in [-0.1, -0.05) is 13.3 Å². The average molecular weight is 251 g/mol. The Morgan fingerprint density at radius 3 is 2.83 bits per heavy atom. The lowest BCUT2D eigenvalue weighted by Crippen LogP contribution is -2.35. The standard InChI is InChI=1S/C13H21N3O2/c1-3-4-5-16(6-7-17)13(18)12-8-11(14)9-15-10(12)2/h8-9,17H,3-7,14H2,1-2H3. The van der Waals surface area contributed by atoms with Crippen molar-refractivity contribution >= 4 is 11.6 Å². The van der Waals surface area contributed by atoms with Crippen LogP contribution in [-0.2, 0) is 0 Å². The molecule has 0 saturated heterocycles. The summed E-state index contributed by atoms with van der Waals surface area (Å²) in [7, 11) is 0. The molecule has 1 rings (SSSR count). The zero-order valence-electron chi connectivity index (χ0n) is 11.0. The van der Waals surface area contributed by atoms with Gasteiger partial charge < -0.3 is 15.7 Å². The highest BCUT2D eigenvalue weighted by Crippen LogP contribution is 2.13. The summed E-state index contributed by atoms with van der Waals surface area (Å²) in [5.41, 5.74) is 7.31. The van der Waals surface area contributed by atoms with Gasteiger partial charge in [-0.05, 0) is 19.4 Å². The van der Waals surface area contributed by atoms with Crippen molar-refractivity contribution in [2.45, 2.75) is 26.7 Å². The van der Waals surface area contributed by atoms with E-state index in [1.807, 2.05) is 0 Å². The van der Waals surface area contributed by atoms with Gasteiger partial charge in [-0.3, -0.25) is 9.78 Å². The van der Waals surface area contributed by atoms with E-state index < -0.39 is 0 Å². The van der Waals surface area contributed by atoms with Gasteiger partial charge >= 0.3 is 0 Å². The SMILES string of the molecule is CCCCN(CCO)C(=O)c1cc(N)cnc1C. The van der Waals surface area contributed by atoms with E-state index in [9.17, 15) is 4.79 Å². The molecule has 3 N–H and O–H groups in total. The molecule has 0 atom stereocenters. The first kappa shape index (κ1) is 14.4. The van der Waals surface area contributed by atoms with Crippen molar-refractivity contribution in [1.82, 2.24) is 9.88 Å². The molecule has 1 aromatic rings. The molecule has 1 amide bonds. The zero-order valence-corrected chi connectivity index (χ0v) is 11.0. The van der Waals surface area contributed by atoms with Crippen LogP contribution >= 0.6 is 0 Å². The molecule has 0 bridgehead atoms. The monoisotopic (exact) mass is 251 g/mol. The lowest BCUT2D eigenvalue weighted by atomic mass is 10.1. The summed E-state index contributed by atoms with van der Waals surface area (Å²) >= 11 is 0. The van der Waals surface area contributed by atoms with Crippen LogP contribution in [0.4, 0.5) is 5.69 Å². The highest BCUT2D eigenvalue weighted by Gasteiger charge is 2.17. The molecule has 0 aliphatic heterocycles. The lowest BCUT2D eigenvalue weighted by Gasteiger charge is -2.22. The Labute approximate surface area is 108 Å². The topological polar surface area (TPSA) is 79.5 Å². The predicted octanol–water partition coefficient (Wildman–Crippen LogP) is 1.21. The van der Waals surface area contributed by atoms with Crippen LogP contribution in [0.25, 0.3) is 0 Å². The summed E-state index contributed by atoms with van der Waals surface area (Å²) in [4.78, 5) is 18.1. The van der Waals surface area contributed by atoms with Crippen molar-refractivity contribution in [3.05, 3.63) is 23.5 Å². The van der Waals surface area contributed by atoms with Gasteiger partial charge in [0.15, 0.2) is 0 Å². The van der Waals surface area contributed by atoms with Crippen LogP contribution < -0.4 is 5.73 Å². The largest absolute Gasteiger partial charge is 0.397 e. The van der Waals surface area contributed by atoms with E-state index in [4.69, 9.17) is 10.8 Å².